The lowest BCUT2D eigenvalue weighted by atomic mass is 10.4. The summed E-state index contributed by atoms with van der Waals surface area (Å²) >= 11 is 1.28. The third kappa shape index (κ3) is 1.06. The molecule has 5 nitrogen and oxygen atoms in total. The number of nitrogens with two attached hydrogens (primary N) is 1. The number of anilines is 1. The molecule has 62 valence electrons. The van der Waals surface area contributed by atoms with Crippen LogP contribution in [0.25, 0.3) is 10.8 Å². The molecule has 0 unspecified atom stereocenters. The first-order valence-corrected chi connectivity index (χ1v) is 4.08. The van der Waals surface area contributed by atoms with E-state index in [4.69, 9.17) is 10.2 Å². The molecule has 0 radical (unpaired) electrons. The van der Waals surface area contributed by atoms with Gasteiger partial charge >= 0.3 is 0 Å². The molecule has 0 amide bonds. The van der Waals surface area contributed by atoms with Gasteiger partial charge in [-0.05, 0) is 6.92 Å². The fourth-order valence-electron chi connectivity index (χ4n) is 0.834. The van der Waals surface area contributed by atoms with Crippen LogP contribution in [0, 0.1) is 6.92 Å². The Bertz CT molecular complexity index is 394. The van der Waals surface area contributed by atoms with Crippen molar-refractivity contribution in [3.8, 4) is 10.8 Å². The van der Waals surface area contributed by atoms with E-state index in [-0.39, 0.29) is 0 Å². The molecule has 0 atom stereocenters. The summed E-state index contributed by atoms with van der Waals surface area (Å²) in [4.78, 5) is 3.93. The second-order valence-corrected chi connectivity index (χ2v) is 3.22. The van der Waals surface area contributed by atoms with Gasteiger partial charge in [-0.3, -0.25) is 0 Å². The molecule has 2 rings (SSSR count). The van der Waals surface area contributed by atoms with Crippen LogP contribution in [0.4, 0.5) is 5.13 Å². The summed E-state index contributed by atoms with van der Waals surface area (Å²) in [6.07, 6.45) is 1.38. The molecule has 0 bridgehead atoms. The molecule has 2 N–H and O–H groups in total. The van der Waals surface area contributed by atoms with Crippen molar-refractivity contribution < 1.29 is 4.42 Å². The number of aryl methyl sites for hydroxylation is 1. The van der Waals surface area contributed by atoms with Crippen molar-refractivity contribution in [1.29, 1.82) is 0 Å². The second-order valence-electron chi connectivity index (χ2n) is 2.21. The smallest absolute Gasteiger partial charge is 0.203 e. The lowest BCUT2D eigenvalue weighted by molar-refractivity contribution is 0.570. The maximum atomic E-state index is 5.42. The molecule has 0 aromatic carbocycles. The molecule has 0 aliphatic carbocycles. The fraction of sp³-hybridized carbons (Fsp3) is 0.167. The van der Waals surface area contributed by atoms with Gasteiger partial charge in [0.1, 0.15) is 0 Å². The third-order valence-corrected chi connectivity index (χ3v) is 2.13. The summed E-state index contributed by atoms with van der Waals surface area (Å²) in [5, 5.41) is 8.60. The number of oxazole rings is 1. The van der Waals surface area contributed by atoms with Crippen LogP contribution >= 0.6 is 11.3 Å². The van der Waals surface area contributed by atoms with Crippen molar-refractivity contribution in [3.63, 3.8) is 0 Å². The molecule has 12 heavy (non-hydrogen) atoms. The predicted molar refractivity (Wildman–Crippen MR) is 44.6 cm³/mol. The van der Waals surface area contributed by atoms with E-state index >= 15 is 0 Å². The van der Waals surface area contributed by atoms with Gasteiger partial charge in [-0.25, -0.2) is 4.98 Å². The van der Waals surface area contributed by atoms with Gasteiger partial charge in [0, 0.05) is 0 Å². The molecule has 2 aromatic rings. The monoisotopic (exact) mass is 182 g/mol. The maximum absolute atomic E-state index is 5.42. The normalized spacial score (nSPS) is 10.4. The molecule has 0 aliphatic rings. The third-order valence-electron chi connectivity index (χ3n) is 1.38. The topological polar surface area (TPSA) is 77.8 Å². The minimum absolute atomic E-state index is 0.431. The molecule has 2 aromatic heterocycles. The van der Waals surface area contributed by atoms with E-state index < -0.39 is 0 Å². The fourth-order valence-corrected chi connectivity index (χ4v) is 1.48. The van der Waals surface area contributed by atoms with E-state index in [9.17, 15) is 0 Å². The van der Waals surface area contributed by atoms with Gasteiger partial charge in [-0.2, -0.15) is 0 Å². The van der Waals surface area contributed by atoms with Crippen molar-refractivity contribution in [1.82, 2.24) is 15.2 Å². The second kappa shape index (κ2) is 2.56. The summed E-state index contributed by atoms with van der Waals surface area (Å²) in [6.45, 7) is 1.84. The summed E-state index contributed by atoms with van der Waals surface area (Å²) < 4.78 is 5.10. The Morgan fingerprint density at radius 3 is 2.83 bits per heavy atom. The van der Waals surface area contributed by atoms with Gasteiger partial charge in [0.15, 0.2) is 17.2 Å². The van der Waals surface area contributed by atoms with Crippen molar-refractivity contribution >= 4 is 16.5 Å². The van der Waals surface area contributed by atoms with Crippen molar-refractivity contribution in [2.24, 2.45) is 0 Å². The highest BCUT2D eigenvalue weighted by molar-refractivity contribution is 7.18. The van der Waals surface area contributed by atoms with Crippen molar-refractivity contribution in [2.45, 2.75) is 6.92 Å². The highest BCUT2D eigenvalue weighted by Crippen LogP contribution is 2.26. The average Bonchev–Trinajstić information content (AvgIpc) is 2.58. The number of hydrogen-bond donors (Lipinski definition) is 1. The van der Waals surface area contributed by atoms with Gasteiger partial charge < -0.3 is 10.2 Å². The molecular weight excluding hydrogens is 176 g/mol. The average molecular weight is 182 g/mol. The predicted octanol–water partition coefficient (Wildman–Crippen LogP) is 1.08. The van der Waals surface area contributed by atoms with Crippen LogP contribution in [0.15, 0.2) is 10.8 Å². The van der Waals surface area contributed by atoms with Crippen LogP contribution in [0.1, 0.15) is 5.69 Å². The van der Waals surface area contributed by atoms with E-state index in [0.717, 1.165) is 5.69 Å². The minimum Gasteiger partial charge on any atom is -0.441 e. The highest BCUT2D eigenvalue weighted by atomic mass is 32.1. The molecule has 0 spiro atoms. The summed E-state index contributed by atoms with van der Waals surface area (Å²) in [6, 6.07) is 0. The number of aromatic nitrogens is 3. The first kappa shape index (κ1) is 7.23. The lowest BCUT2D eigenvalue weighted by Gasteiger charge is -1.86. The molecule has 0 saturated heterocycles. The number of nitrogen functional groups attached to an aromatic ring is 1. The Balaban J connectivity index is 2.50. The molecular formula is C6H6N4OS. The first-order valence-electron chi connectivity index (χ1n) is 3.27. The zero-order chi connectivity index (χ0) is 8.55. The van der Waals surface area contributed by atoms with E-state index in [1.54, 1.807) is 0 Å². The molecule has 6 heteroatoms. The van der Waals surface area contributed by atoms with Crippen molar-refractivity contribution in [3.05, 3.63) is 12.1 Å². The summed E-state index contributed by atoms with van der Waals surface area (Å²) in [5.41, 5.74) is 6.21. The van der Waals surface area contributed by atoms with Gasteiger partial charge in [0.2, 0.25) is 5.13 Å². The Hall–Kier alpha value is -1.43. The van der Waals surface area contributed by atoms with Crippen molar-refractivity contribution in [2.75, 3.05) is 5.73 Å². The Morgan fingerprint density at radius 2 is 2.33 bits per heavy atom. The standard InChI is InChI=1S/C6H6N4OS/c1-3-4(11-2-8-3)5-9-10-6(7)12-5/h2H,1H3,(H2,7,10). The minimum atomic E-state index is 0.431. The van der Waals surface area contributed by atoms with Crippen LogP contribution in [0.3, 0.4) is 0 Å². The Labute approximate surface area is 72.3 Å². The summed E-state index contributed by atoms with van der Waals surface area (Å²) in [7, 11) is 0. The summed E-state index contributed by atoms with van der Waals surface area (Å²) in [5.74, 6) is 0.643. The van der Waals surface area contributed by atoms with Gasteiger partial charge in [-0.15, -0.1) is 10.2 Å². The molecule has 0 saturated carbocycles. The van der Waals surface area contributed by atoms with Crippen LogP contribution in [-0.2, 0) is 0 Å². The largest absolute Gasteiger partial charge is 0.441 e. The quantitative estimate of drug-likeness (QED) is 0.714. The van der Waals surface area contributed by atoms with Crippen LogP contribution in [0.2, 0.25) is 0 Å². The number of nitrogens with zero attached hydrogens (tertiary/aromatic N) is 3. The first-order chi connectivity index (χ1) is 5.77. The Morgan fingerprint density at radius 1 is 1.50 bits per heavy atom. The van der Waals surface area contributed by atoms with Crippen LogP contribution in [0.5, 0.6) is 0 Å². The zero-order valence-electron chi connectivity index (χ0n) is 6.31. The Kier molecular flexibility index (Phi) is 1.54. The number of rotatable bonds is 1. The number of hydrogen-bond acceptors (Lipinski definition) is 6. The van der Waals surface area contributed by atoms with Gasteiger partial charge in [0.25, 0.3) is 0 Å². The van der Waals surface area contributed by atoms with Crippen LogP contribution in [-0.4, -0.2) is 15.2 Å². The van der Waals surface area contributed by atoms with E-state index in [1.807, 2.05) is 6.92 Å². The molecule has 2 heterocycles. The zero-order valence-corrected chi connectivity index (χ0v) is 7.13. The van der Waals surface area contributed by atoms with E-state index in [0.29, 0.717) is 15.9 Å². The molecule has 0 aliphatic heterocycles. The SMILES string of the molecule is Cc1ncoc1-c1nnc(N)s1. The lowest BCUT2D eigenvalue weighted by Crippen LogP contribution is -1.80. The highest BCUT2D eigenvalue weighted by Gasteiger charge is 2.11. The van der Waals surface area contributed by atoms with Gasteiger partial charge in [0.05, 0.1) is 5.69 Å². The van der Waals surface area contributed by atoms with Crippen LogP contribution < -0.4 is 5.73 Å². The molecule has 0 fully saturated rings. The van der Waals surface area contributed by atoms with E-state index in [1.165, 1.54) is 17.7 Å². The maximum Gasteiger partial charge on any atom is 0.203 e. The van der Waals surface area contributed by atoms with E-state index in [2.05, 4.69) is 15.2 Å². The van der Waals surface area contributed by atoms with Gasteiger partial charge in [-0.1, -0.05) is 11.3 Å².